The van der Waals surface area contributed by atoms with E-state index in [9.17, 15) is 0 Å². The minimum atomic E-state index is 0.558. The van der Waals surface area contributed by atoms with Crippen LogP contribution >= 0.6 is 11.6 Å². The number of halogens is 1. The van der Waals surface area contributed by atoms with Gasteiger partial charge in [-0.1, -0.05) is 17.7 Å². The van der Waals surface area contributed by atoms with Gasteiger partial charge in [0.2, 0.25) is 0 Å². The molecule has 0 amide bonds. The summed E-state index contributed by atoms with van der Waals surface area (Å²) >= 11 is 6.29. The number of hydrogen-bond donors (Lipinski definition) is 1. The normalized spacial score (nSPS) is 11.4. The Morgan fingerprint density at radius 1 is 1.24 bits per heavy atom. The first kappa shape index (κ1) is 10.4. The molecule has 3 aromatic rings. The summed E-state index contributed by atoms with van der Waals surface area (Å²) in [4.78, 5) is 0. The van der Waals surface area contributed by atoms with Crippen molar-refractivity contribution in [1.29, 1.82) is 0 Å². The van der Waals surface area contributed by atoms with Gasteiger partial charge in [0.25, 0.3) is 0 Å². The lowest BCUT2D eigenvalue weighted by Crippen LogP contribution is -2.04. The molecule has 2 aromatic heterocycles. The SMILES string of the molecule is NCCc1ccc2c(nnc3ccnn32)c1Cl. The van der Waals surface area contributed by atoms with Crippen molar-refractivity contribution >= 4 is 28.3 Å². The molecule has 1 aromatic carbocycles. The second-order valence-electron chi connectivity index (χ2n) is 3.75. The molecule has 0 fully saturated rings. The fourth-order valence-electron chi connectivity index (χ4n) is 1.87. The Kier molecular flexibility index (Phi) is 2.42. The van der Waals surface area contributed by atoms with Crippen molar-refractivity contribution in [2.24, 2.45) is 5.73 Å². The van der Waals surface area contributed by atoms with Gasteiger partial charge in [0.05, 0.1) is 16.7 Å². The molecule has 0 aliphatic carbocycles. The van der Waals surface area contributed by atoms with Crippen LogP contribution in [-0.4, -0.2) is 26.4 Å². The molecular formula is C11H10ClN5. The largest absolute Gasteiger partial charge is 0.330 e. The van der Waals surface area contributed by atoms with Crippen LogP contribution in [0.2, 0.25) is 5.02 Å². The minimum absolute atomic E-state index is 0.558. The van der Waals surface area contributed by atoms with Crippen LogP contribution in [0, 0.1) is 0 Å². The molecule has 2 heterocycles. The van der Waals surface area contributed by atoms with Crippen LogP contribution in [0.3, 0.4) is 0 Å². The lowest BCUT2D eigenvalue weighted by Gasteiger charge is -2.06. The summed E-state index contributed by atoms with van der Waals surface area (Å²) in [5.74, 6) is 0. The van der Waals surface area contributed by atoms with E-state index in [0.29, 0.717) is 22.7 Å². The van der Waals surface area contributed by atoms with Crippen LogP contribution in [0.25, 0.3) is 16.7 Å². The maximum absolute atomic E-state index is 6.29. The van der Waals surface area contributed by atoms with E-state index >= 15 is 0 Å². The van der Waals surface area contributed by atoms with Gasteiger partial charge in [0, 0.05) is 6.07 Å². The van der Waals surface area contributed by atoms with Crippen molar-refractivity contribution in [2.45, 2.75) is 6.42 Å². The second-order valence-corrected chi connectivity index (χ2v) is 4.12. The van der Waals surface area contributed by atoms with E-state index in [1.807, 2.05) is 12.1 Å². The molecule has 0 bridgehead atoms. The number of hydrogen-bond acceptors (Lipinski definition) is 4. The van der Waals surface area contributed by atoms with Gasteiger partial charge in [-0.3, -0.25) is 0 Å². The Morgan fingerprint density at radius 2 is 2.12 bits per heavy atom. The number of nitrogens with two attached hydrogens (primary N) is 1. The third-order valence-corrected chi connectivity index (χ3v) is 3.11. The van der Waals surface area contributed by atoms with E-state index in [4.69, 9.17) is 17.3 Å². The number of benzene rings is 1. The highest BCUT2D eigenvalue weighted by molar-refractivity contribution is 6.35. The number of fused-ring (bicyclic) bond motifs is 3. The van der Waals surface area contributed by atoms with Gasteiger partial charge in [0.15, 0.2) is 5.65 Å². The molecule has 0 aliphatic rings. The molecule has 0 saturated carbocycles. The van der Waals surface area contributed by atoms with E-state index in [1.165, 1.54) is 0 Å². The third-order valence-electron chi connectivity index (χ3n) is 2.69. The van der Waals surface area contributed by atoms with Gasteiger partial charge >= 0.3 is 0 Å². The van der Waals surface area contributed by atoms with Gasteiger partial charge in [-0.25, -0.2) is 4.52 Å². The van der Waals surface area contributed by atoms with Crippen molar-refractivity contribution in [1.82, 2.24) is 19.8 Å². The van der Waals surface area contributed by atoms with Gasteiger partial charge in [-0.2, -0.15) is 5.10 Å². The molecule has 2 N–H and O–H groups in total. The summed E-state index contributed by atoms with van der Waals surface area (Å²) in [5.41, 5.74) is 8.75. The average molecular weight is 248 g/mol. The molecule has 0 aliphatic heterocycles. The van der Waals surface area contributed by atoms with Gasteiger partial charge < -0.3 is 5.73 Å². The molecule has 0 saturated heterocycles. The standard InChI is InChI=1S/C11H10ClN5/c12-10-7(3-5-13)1-2-8-11(10)16-15-9-4-6-14-17(8)9/h1-2,4,6H,3,5,13H2. The first-order chi connectivity index (χ1) is 8.31. The second kappa shape index (κ2) is 3.94. The third kappa shape index (κ3) is 1.55. The van der Waals surface area contributed by atoms with E-state index < -0.39 is 0 Å². The van der Waals surface area contributed by atoms with Crippen molar-refractivity contribution in [3.8, 4) is 0 Å². The van der Waals surface area contributed by atoms with Crippen molar-refractivity contribution in [2.75, 3.05) is 6.54 Å². The monoisotopic (exact) mass is 247 g/mol. The Hall–Kier alpha value is -1.72. The first-order valence-electron chi connectivity index (χ1n) is 5.29. The van der Waals surface area contributed by atoms with E-state index in [0.717, 1.165) is 17.5 Å². The van der Waals surface area contributed by atoms with Crippen molar-refractivity contribution in [3.05, 3.63) is 35.0 Å². The maximum Gasteiger partial charge on any atom is 0.177 e. The number of nitrogens with zero attached hydrogens (tertiary/aromatic N) is 4. The summed E-state index contributed by atoms with van der Waals surface area (Å²) in [7, 11) is 0. The molecule has 86 valence electrons. The summed E-state index contributed by atoms with van der Waals surface area (Å²) in [5, 5.41) is 13.0. The summed E-state index contributed by atoms with van der Waals surface area (Å²) < 4.78 is 1.72. The highest BCUT2D eigenvalue weighted by Crippen LogP contribution is 2.25. The molecule has 5 nitrogen and oxygen atoms in total. The Morgan fingerprint density at radius 3 is 2.94 bits per heavy atom. The van der Waals surface area contributed by atoms with Crippen LogP contribution in [0.5, 0.6) is 0 Å². The average Bonchev–Trinajstić information content (AvgIpc) is 2.81. The highest BCUT2D eigenvalue weighted by atomic mass is 35.5. The van der Waals surface area contributed by atoms with Gasteiger partial charge in [-0.15, -0.1) is 10.2 Å². The molecule has 6 heteroatoms. The summed E-state index contributed by atoms with van der Waals surface area (Å²) in [6.07, 6.45) is 2.42. The molecule has 0 spiro atoms. The van der Waals surface area contributed by atoms with Crippen LogP contribution in [0.4, 0.5) is 0 Å². The highest BCUT2D eigenvalue weighted by Gasteiger charge is 2.10. The summed E-state index contributed by atoms with van der Waals surface area (Å²) in [6, 6.07) is 5.70. The fourth-order valence-corrected chi connectivity index (χ4v) is 2.16. The fraction of sp³-hybridized carbons (Fsp3) is 0.182. The van der Waals surface area contributed by atoms with E-state index in [2.05, 4.69) is 15.3 Å². The van der Waals surface area contributed by atoms with Crippen molar-refractivity contribution < 1.29 is 0 Å². The van der Waals surface area contributed by atoms with E-state index in [1.54, 1.807) is 16.8 Å². The topological polar surface area (TPSA) is 69.1 Å². The van der Waals surface area contributed by atoms with Crippen molar-refractivity contribution in [3.63, 3.8) is 0 Å². The molecular weight excluding hydrogens is 238 g/mol. The van der Waals surface area contributed by atoms with Crippen LogP contribution in [0.15, 0.2) is 24.4 Å². The van der Waals surface area contributed by atoms with Crippen LogP contribution in [-0.2, 0) is 6.42 Å². The Labute approximate surface area is 102 Å². The lowest BCUT2D eigenvalue weighted by atomic mass is 10.1. The molecule has 0 unspecified atom stereocenters. The quantitative estimate of drug-likeness (QED) is 0.744. The molecule has 0 atom stereocenters. The maximum atomic E-state index is 6.29. The smallest absolute Gasteiger partial charge is 0.177 e. The minimum Gasteiger partial charge on any atom is -0.330 e. The zero-order valence-electron chi connectivity index (χ0n) is 8.97. The predicted octanol–water partition coefficient (Wildman–Crippen LogP) is 1.43. The number of rotatable bonds is 2. The lowest BCUT2D eigenvalue weighted by molar-refractivity contribution is 0.935. The van der Waals surface area contributed by atoms with Gasteiger partial charge in [0.1, 0.15) is 5.52 Å². The predicted molar refractivity (Wildman–Crippen MR) is 66.1 cm³/mol. The Balaban J connectivity index is 2.36. The van der Waals surface area contributed by atoms with Gasteiger partial charge in [-0.05, 0) is 24.6 Å². The molecule has 17 heavy (non-hydrogen) atoms. The van der Waals surface area contributed by atoms with Crippen LogP contribution in [0.1, 0.15) is 5.56 Å². The zero-order chi connectivity index (χ0) is 11.8. The number of aromatic nitrogens is 4. The Bertz CT molecular complexity index is 691. The van der Waals surface area contributed by atoms with E-state index in [-0.39, 0.29) is 0 Å². The molecule has 0 radical (unpaired) electrons. The molecule has 3 rings (SSSR count). The van der Waals surface area contributed by atoms with Crippen LogP contribution < -0.4 is 5.73 Å². The summed E-state index contributed by atoms with van der Waals surface area (Å²) in [6.45, 7) is 0.558. The first-order valence-corrected chi connectivity index (χ1v) is 5.66. The zero-order valence-corrected chi connectivity index (χ0v) is 9.72.